The molecule has 4 saturated carbocycles. The third-order valence-corrected chi connectivity index (χ3v) is 5.61. The van der Waals surface area contributed by atoms with E-state index in [4.69, 9.17) is 4.74 Å². The fraction of sp³-hybridized carbons (Fsp3) is 0.933. The van der Waals surface area contributed by atoms with Gasteiger partial charge in [-0.15, -0.1) is 0 Å². The largest absolute Gasteiger partial charge is 0.450 e. The van der Waals surface area contributed by atoms with Crippen molar-refractivity contribution in [2.45, 2.75) is 58.4 Å². The Morgan fingerprint density at radius 2 is 1.72 bits per heavy atom. The molecule has 18 heavy (non-hydrogen) atoms. The van der Waals surface area contributed by atoms with Gasteiger partial charge >= 0.3 is 6.09 Å². The second-order valence-electron chi connectivity index (χ2n) is 6.87. The quantitative estimate of drug-likeness (QED) is 0.835. The van der Waals surface area contributed by atoms with Crippen LogP contribution in [-0.4, -0.2) is 18.7 Å². The van der Waals surface area contributed by atoms with Crippen LogP contribution in [0.4, 0.5) is 4.79 Å². The minimum atomic E-state index is -0.235. The first-order valence-corrected chi connectivity index (χ1v) is 7.54. The summed E-state index contributed by atoms with van der Waals surface area (Å²) in [5.74, 6) is 2.80. The van der Waals surface area contributed by atoms with Crippen LogP contribution in [0.1, 0.15) is 52.4 Å². The zero-order chi connectivity index (χ0) is 12.8. The van der Waals surface area contributed by atoms with Gasteiger partial charge < -0.3 is 10.1 Å². The third-order valence-electron chi connectivity index (χ3n) is 5.61. The number of hydrogen-bond donors (Lipinski definition) is 1. The molecule has 3 nitrogen and oxygen atoms in total. The van der Waals surface area contributed by atoms with Crippen molar-refractivity contribution in [2.75, 3.05) is 6.61 Å². The Labute approximate surface area is 110 Å². The van der Waals surface area contributed by atoms with Crippen molar-refractivity contribution in [1.82, 2.24) is 5.32 Å². The van der Waals surface area contributed by atoms with Crippen LogP contribution in [0.3, 0.4) is 0 Å². The average molecular weight is 251 g/mol. The lowest BCUT2D eigenvalue weighted by Gasteiger charge is -2.59. The molecule has 1 N–H and O–H groups in total. The van der Waals surface area contributed by atoms with Gasteiger partial charge in [0.2, 0.25) is 0 Å². The van der Waals surface area contributed by atoms with E-state index in [0.29, 0.717) is 12.0 Å². The summed E-state index contributed by atoms with van der Waals surface area (Å²) >= 11 is 0. The highest BCUT2D eigenvalue weighted by atomic mass is 16.5. The molecule has 0 aliphatic heterocycles. The van der Waals surface area contributed by atoms with Crippen molar-refractivity contribution in [3.05, 3.63) is 0 Å². The minimum Gasteiger partial charge on any atom is -0.450 e. The standard InChI is InChI=1S/C15H25NO2/c1-3-18-14(17)16-10(2)15-7-11-4-12(8-15)6-13(5-11)9-15/h10-13H,3-9H2,1-2H3,(H,16,17)/t10-,11?,12?,13?,15?/m0/s1. The van der Waals surface area contributed by atoms with Crippen molar-refractivity contribution in [3.8, 4) is 0 Å². The van der Waals surface area contributed by atoms with Gasteiger partial charge in [-0.25, -0.2) is 4.79 Å². The van der Waals surface area contributed by atoms with Crippen LogP contribution in [0.5, 0.6) is 0 Å². The summed E-state index contributed by atoms with van der Waals surface area (Å²) in [5, 5.41) is 3.08. The molecule has 0 aromatic carbocycles. The van der Waals surface area contributed by atoms with E-state index in [-0.39, 0.29) is 12.1 Å². The first-order valence-electron chi connectivity index (χ1n) is 7.54. The monoisotopic (exact) mass is 251 g/mol. The first-order chi connectivity index (χ1) is 8.61. The number of nitrogens with one attached hydrogen (secondary N) is 1. The fourth-order valence-corrected chi connectivity index (χ4v) is 5.21. The summed E-state index contributed by atoms with van der Waals surface area (Å²) in [6.45, 7) is 4.50. The van der Waals surface area contributed by atoms with Gasteiger partial charge in [0.25, 0.3) is 0 Å². The van der Waals surface area contributed by atoms with Crippen molar-refractivity contribution in [2.24, 2.45) is 23.2 Å². The predicted octanol–water partition coefficient (Wildman–Crippen LogP) is 3.34. The molecular formula is C15H25NO2. The topological polar surface area (TPSA) is 38.3 Å². The molecule has 4 fully saturated rings. The number of hydrogen-bond acceptors (Lipinski definition) is 2. The Morgan fingerprint density at radius 3 is 2.17 bits per heavy atom. The molecule has 1 amide bonds. The Morgan fingerprint density at radius 1 is 1.22 bits per heavy atom. The second-order valence-corrected chi connectivity index (χ2v) is 6.87. The molecule has 0 aromatic rings. The Kier molecular flexibility index (Phi) is 3.03. The summed E-state index contributed by atoms with van der Waals surface area (Å²) < 4.78 is 5.03. The maximum Gasteiger partial charge on any atom is 0.407 e. The zero-order valence-corrected chi connectivity index (χ0v) is 11.6. The molecular weight excluding hydrogens is 226 g/mol. The number of rotatable bonds is 3. The van der Waals surface area contributed by atoms with Crippen LogP contribution in [0.2, 0.25) is 0 Å². The van der Waals surface area contributed by atoms with Crippen LogP contribution in [-0.2, 0) is 4.74 Å². The highest BCUT2D eigenvalue weighted by Gasteiger charge is 2.53. The highest BCUT2D eigenvalue weighted by Crippen LogP contribution is 2.61. The number of alkyl carbamates (subject to hydrolysis) is 1. The maximum absolute atomic E-state index is 11.6. The van der Waals surface area contributed by atoms with Gasteiger partial charge in [-0.1, -0.05) is 0 Å². The van der Waals surface area contributed by atoms with Gasteiger partial charge in [-0.2, -0.15) is 0 Å². The number of carbonyl (C=O) groups is 1. The molecule has 4 rings (SSSR count). The maximum atomic E-state index is 11.6. The van der Waals surface area contributed by atoms with Gasteiger partial charge in [0.15, 0.2) is 0 Å². The van der Waals surface area contributed by atoms with Crippen LogP contribution in [0, 0.1) is 23.2 Å². The van der Waals surface area contributed by atoms with Crippen molar-refractivity contribution in [3.63, 3.8) is 0 Å². The van der Waals surface area contributed by atoms with Crippen molar-refractivity contribution in [1.29, 1.82) is 0 Å². The van der Waals surface area contributed by atoms with E-state index in [1.165, 1.54) is 38.5 Å². The van der Waals surface area contributed by atoms with Gasteiger partial charge in [0.05, 0.1) is 6.61 Å². The van der Waals surface area contributed by atoms with Crippen molar-refractivity contribution < 1.29 is 9.53 Å². The molecule has 0 heterocycles. The van der Waals surface area contributed by atoms with Gasteiger partial charge in [0, 0.05) is 6.04 Å². The Bertz CT molecular complexity index is 304. The van der Waals surface area contributed by atoms with E-state index < -0.39 is 0 Å². The number of ether oxygens (including phenoxy) is 1. The van der Waals surface area contributed by atoms with E-state index in [0.717, 1.165) is 17.8 Å². The molecule has 0 unspecified atom stereocenters. The summed E-state index contributed by atoms with van der Waals surface area (Å²) in [6.07, 6.45) is 8.09. The fourth-order valence-electron chi connectivity index (χ4n) is 5.21. The van der Waals surface area contributed by atoms with Crippen LogP contribution in [0.15, 0.2) is 0 Å². The van der Waals surface area contributed by atoms with Gasteiger partial charge in [-0.3, -0.25) is 0 Å². The SMILES string of the molecule is CCOC(=O)N[C@@H](C)C12CC3CC(CC(C3)C1)C2. The van der Waals surface area contributed by atoms with E-state index in [9.17, 15) is 4.79 Å². The number of amides is 1. The third kappa shape index (κ3) is 2.02. The molecule has 0 spiro atoms. The van der Waals surface area contributed by atoms with E-state index >= 15 is 0 Å². The van der Waals surface area contributed by atoms with Crippen LogP contribution < -0.4 is 5.32 Å². The number of carbonyl (C=O) groups excluding carboxylic acids is 1. The smallest absolute Gasteiger partial charge is 0.407 e. The highest BCUT2D eigenvalue weighted by molar-refractivity contribution is 5.67. The summed E-state index contributed by atoms with van der Waals surface area (Å²) in [4.78, 5) is 11.6. The summed E-state index contributed by atoms with van der Waals surface area (Å²) in [7, 11) is 0. The molecule has 4 aliphatic carbocycles. The molecule has 1 atom stereocenters. The second kappa shape index (κ2) is 4.43. The van der Waals surface area contributed by atoms with Gasteiger partial charge in [-0.05, 0) is 75.5 Å². The normalized spacial score (nSPS) is 42.7. The molecule has 0 radical (unpaired) electrons. The molecule has 4 bridgehead atoms. The Hall–Kier alpha value is -0.730. The lowest BCUT2D eigenvalue weighted by molar-refractivity contribution is -0.0695. The molecule has 3 heteroatoms. The summed E-state index contributed by atoms with van der Waals surface area (Å²) in [6, 6.07) is 0.268. The van der Waals surface area contributed by atoms with E-state index in [1.807, 2.05) is 6.92 Å². The Balaban J connectivity index is 1.69. The first kappa shape index (κ1) is 12.3. The van der Waals surface area contributed by atoms with Gasteiger partial charge in [0.1, 0.15) is 0 Å². The molecule has 4 aliphatic rings. The molecule has 0 aromatic heterocycles. The predicted molar refractivity (Wildman–Crippen MR) is 70.2 cm³/mol. The lowest BCUT2D eigenvalue weighted by atomic mass is 9.48. The molecule has 0 saturated heterocycles. The zero-order valence-electron chi connectivity index (χ0n) is 11.6. The van der Waals surface area contributed by atoms with Crippen LogP contribution in [0.25, 0.3) is 0 Å². The van der Waals surface area contributed by atoms with Crippen molar-refractivity contribution >= 4 is 6.09 Å². The van der Waals surface area contributed by atoms with E-state index in [2.05, 4.69) is 12.2 Å². The van der Waals surface area contributed by atoms with E-state index in [1.54, 1.807) is 0 Å². The van der Waals surface area contributed by atoms with Crippen LogP contribution >= 0.6 is 0 Å². The summed E-state index contributed by atoms with van der Waals surface area (Å²) in [5.41, 5.74) is 0.376. The minimum absolute atomic E-state index is 0.235. The molecule has 102 valence electrons. The lowest BCUT2D eigenvalue weighted by Crippen LogP contribution is -2.55. The average Bonchev–Trinajstić information content (AvgIpc) is 2.27.